The highest BCUT2D eigenvalue weighted by Crippen LogP contribution is 2.23. The van der Waals surface area contributed by atoms with Crippen molar-refractivity contribution in [1.82, 2.24) is 14.9 Å². The molecular formula is C11H10ClFN4S. The third-order valence-electron chi connectivity index (χ3n) is 2.12. The maximum absolute atomic E-state index is 12.8. The van der Waals surface area contributed by atoms with E-state index in [0.717, 1.165) is 0 Å². The number of thioether (sulfide) groups is 1. The van der Waals surface area contributed by atoms with E-state index in [2.05, 4.69) is 16.8 Å². The summed E-state index contributed by atoms with van der Waals surface area (Å²) in [4.78, 5) is 0. The molecule has 0 saturated heterocycles. The first-order valence-electron chi connectivity index (χ1n) is 5.00. The molecule has 2 aromatic rings. The Morgan fingerprint density at radius 1 is 1.39 bits per heavy atom. The van der Waals surface area contributed by atoms with Crippen molar-refractivity contribution in [3.05, 3.63) is 41.7 Å². The Balaban J connectivity index is 2.25. The van der Waals surface area contributed by atoms with E-state index >= 15 is 0 Å². The summed E-state index contributed by atoms with van der Waals surface area (Å²) in [6, 6.07) is 5.88. The van der Waals surface area contributed by atoms with Crippen LogP contribution in [0.5, 0.6) is 0 Å². The molecule has 0 saturated carbocycles. The van der Waals surface area contributed by atoms with E-state index in [-0.39, 0.29) is 5.82 Å². The molecule has 1 aromatic heterocycles. The summed E-state index contributed by atoms with van der Waals surface area (Å²) in [5.41, 5.74) is 0.697. The number of nitrogen functional groups attached to an aromatic ring is 1. The van der Waals surface area contributed by atoms with Gasteiger partial charge in [0.25, 0.3) is 0 Å². The van der Waals surface area contributed by atoms with E-state index in [4.69, 9.17) is 17.4 Å². The largest absolute Gasteiger partial charge is 0.335 e. The highest BCUT2D eigenvalue weighted by atomic mass is 35.5. The third-order valence-corrected chi connectivity index (χ3v) is 3.45. The lowest BCUT2D eigenvalue weighted by atomic mass is 10.2. The van der Waals surface area contributed by atoms with Crippen molar-refractivity contribution in [1.29, 1.82) is 0 Å². The van der Waals surface area contributed by atoms with Gasteiger partial charge in [-0.05, 0) is 24.3 Å². The maximum Gasteiger partial charge on any atom is 0.210 e. The van der Waals surface area contributed by atoms with Crippen LogP contribution in [-0.4, -0.2) is 20.6 Å². The van der Waals surface area contributed by atoms with Crippen LogP contribution in [0.25, 0.3) is 11.4 Å². The first-order chi connectivity index (χ1) is 8.58. The second kappa shape index (κ2) is 5.41. The fourth-order valence-electron chi connectivity index (χ4n) is 1.31. The van der Waals surface area contributed by atoms with Gasteiger partial charge in [-0.25, -0.2) is 9.07 Å². The molecule has 94 valence electrons. The van der Waals surface area contributed by atoms with Crippen molar-refractivity contribution < 1.29 is 4.39 Å². The Hall–Kier alpha value is -1.53. The van der Waals surface area contributed by atoms with Crippen molar-refractivity contribution in [2.24, 2.45) is 0 Å². The van der Waals surface area contributed by atoms with Crippen molar-refractivity contribution in [3.63, 3.8) is 0 Å². The van der Waals surface area contributed by atoms with Crippen molar-refractivity contribution in [2.45, 2.75) is 5.16 Å². The minimum absolute atomic E-state index is 0.310. The number of nitrogens with zero attached hydrogens (tertiary/aromatic N) is 3. The molecular weight excluding hydrogens is 275 g/mol. The summed E-state index contributed by atoms with van der Waals surface area (Å²) in [6.45, 7) is 3.58. The molecule has 2 N–H and O–H groups in total. The first kappa shape index (κ1) is 12.9. The molecule has 18 heavy (non-hydrogen) atoms. The zero-order valence-corrected chi connectivity index (χ0v) is 10.9. The normalized spacial score (nSPS) is 10.6. The van der Waals surface area contributed by atoms with E-state index in [1.807, 2.05) is 0 Å². The lowest BCUT2D eigenvalue weighted by Gasteiger charge is -2.03. The van der Waals surface area contributed by atoms with Gasteiger partial charge in [0.05, 0.1) is 0 Å². The summed E-state index contributed by atoms with van der Waals surface area (Å²) in [6.07, 6.45) is 0. The second-order valence-electron chi connectivity index (χ2n) is 3.49. The lowest BCUT2D eigenvalue weighted by Crippen LogP contribution is -2.11. The molecule has 0 radical (unpaired) electrons. The molecule has 0 aliphatic rings. The molecule has 2 rings (SSSR count). The van der Waals surface area contributed by atoms with Crippen LogP contribution >= 0.6 is 23.4 Å². The van der Waals surface area contributed by atoms with Crippen LogP contribution in [0.4, 0.5) is 4.39 Å². The fourth-order valence-corrected chi connectivity index (χ4v) is 2.09. The Kier molecular flexibility index (Phi) is 3.88. The minimum atomic E-state index is -0.310. The van der Waals surface area contributed by atoms with Gasteiger partial charge in [0, 0.05) is 16.3 Å². The standard InChI is InChI=1S/C11H10ClFN4S/c1-7(12)6-18-11-16-15-10(17(11)14)8-2-4-9(13)5-3-8/h2-5H,1,6,14H2. The number of nitrogens with two attached hydrogens (primary N) is 1. The van der Waals surface area contributed by atoms with Gasteiger partial charge in [-0.1, -0.05) is 29.9 Å². The SMILES string of the molecule is C=C(Cl)CSc1nnc(-c2ccc(F)cc2)n1N. The van der Waals surface area contributed by atoms with Crippen molar-refractivity contribution >= 4 is 23.4 Å². The van der Waals surface area contributed by atoms with Crippen LogP contribution in [0, 0.1) is 5.82 Å². The number of hydrogen-bond acceptors (Lipinski definition) is 4. The van der Waals surface area contributed by atoms with E-state index in [9.17, 15) is 4.39 Å². The minimum Gasteiger partial charge on any atom is -0.335 e. The highest BCUT2D eigenvalue weighted by Gasteiger charge is 2.12. The highest BCUT2D eigenvalue weighted by molar-refractivity contribution is 7.99. The van der Waals surface area contributed by atoms with Gasteiger partial charge in [-0.2, -0.15) is 0 Å². The summed E-state index contributed by atoms with van der Waals surface area (Å²) in [5, 5.41) is 8.94. The molecule has 0 spiro atoms. The molecule has 0 aliphatic carbocycles. The van der Waals surface area contributed by atoms with Crippen LogP contribution in [0.2, 0.25) is 0 Å². The van der Waals surface area contributed by atoms with Crippen LogP contribution in [0.15, 0.2) is 41.0 Å². The predicted octanol–water partition coefficient (Wildman–Crippen LogP) is 2.64. The van der Waals surface area contributed by atoms with E-state index in [1.54, 1.807) is 12.1 Å². The topological polar surface area (TPSA) is 56.7 Å². The van der Waals surface area contributed by atoms with Crippen molar-refractivity contribution in [2.75, 3.05) is 11.6 Å². The summed E-state index contributed by atoms with van der Waals surface area (Å²) >= 11 is 7.00. The van der Waals surface area contributed by atoms with Gasteiger partial charge < -0.3 is 5.84 Å². The Morgan fingerprint density at radius 2 is 2.06 bits per heavy atom. The van der Waals surface area contributed by atoms with Gasteiger partial charge in [-0.15, -0.1) is 10.2 Å². The van der Waals surface area contributed by atoms with E-state index in [1.165, 1.54) is 28.6 Å². The summed E-state index contributed by atoms with van der Waals surface area (Å²) in [5.74, 6) is 6.52. The molecule has 0 atom stereocenters. The quantitative estimate of drug-likeness (QED) is 0.693. The number of aromatic nitrogens is 3. The molecule has 7 heteroatoms. The monoisotopic (exact) mass is 284 g/mol. The molecule has 1 aromatic carbocycles. The smallest absolute Gasteiger partial charge is 0.210 e. The summed E-state index contributed by atoms with van der Waals surface area (Å²) < 4.78 is 14.2. The predicted molar refractivity (Wildman–Crippen MR) is 71.3 cm³/mol. The van der Waals surface area contributed by atoms with Crippen molar-refractivity contribution in [3.8, 4) is 11.4 Å². The van der Waals surface area contributed by atoms with Gasteiger partial charge in [0.2, 0.25) is 5.16 Å². The zero-order valence-electron chi connectivity index (χ0n) is 9.31. The zero-order chi connectivity index (χ0) is 13.1. The number of benzene rings is 1. The van der Waals surface area contributed by atoms with Crippen LogP contribution in [0.1, 0.15) is 0 Å². The molecule has 0 unspecified atom stereocenters. The Labute approximate surface area is 113 Å². The van der Waals surface area contributed by atoms with Gasteiger partial charge in [0.1, 0.15) is 5.82 Å². The van der Waals surface area contributed by atoms with E-state index in [0.29, 0.717) is 27.3 Å². The Morgan fingerprint density at radius 3 is 2.67 bits per heavy atom. The van der Waals surface area contributed by atoms with Gasteiger partial charge >= 0.3 is 0 Å². The molecule has 0 bridgehead atoms. The molecule has 1 heterocycles. The number of rotatable bonds is 4. The molecule has 0 aliphatic heterocycles. The third kappa shape index (κ3) is 2.83. The maximum atomic E-state index is 12.8. The molecule has 0 fully saturated rings. The molecule has 4 nitrogen and oxygen atoms in total. The molecule has 0 amide bonds. The summed E-state index contributed by atoms with van der Waals surface area (Å²) in [7, 11) is 0. The van der Waals surface area contributed by atoms with Crippen LogP contribution in [0.3, 0.4) is 0 Å². The van der Waals surface area contributed by atoms with E-state index < -0.39 is 0 Å². The van der Waals surface area contributed by atoms with Gasteiger partial charge in [-0.3, -0.25) is 0 Å². The lowest BCUT2D eigenvalue weighted by molar-refractivity contribution is 0.628. The number of halogens is 2. The fraction of sp³-hybridized carbons (Fsp3) is 0.0909. The van der Waals surface area contributed by atoms with Crippen LogP contribution in [-0.2, 0) is 0 Å². The number of hydrogen-bond donors (Lipinski definition) is 1. The average molecular weight is 285 g/mol. The van der Waals surface area contributed by atoms with Crippen LogP contribution < -0.4 is 5.84 Å². The Bertz CT molecular complexity index is 567. The first-order valence-corrected chi connectivity index (χ1v) is 6.37. The second-order valence-corrected chi connectivity index (χ2v) is 4.97. The average Bonchev–Trinajstić information content (AvgIpc) is 2.69. The van der Waals surface area contributed by atoms with Gasteiger partial charge in [0.15, 0.2) is 5.82 Å².